The number of sulfonamides is 2. The molecular weight excluding hydrogens is 366 g/mol. The molecule has 25 heavy (non-hydrogen) atoms. The van der Waals surface area contributed by atoms with Crippen molar-refractivity contribution in [2.24, 2.45) is 5.92 Å². The van der Waals surface area contributed by atoms with Crippen molar-refractivity contribution in [3.05, 3.63) is 24.3 Å². The molecule has 3 rings (SSSR count). The highest BCUT2D eigenvalue weighted by Gasteiger charge is 2.42. The van der Waals surface area contributed by atoms with E-state index in [4.69, 9.17) is 0 Å². The first-order chi connectivity index (χ1) is 11.6. The number of piperazine rings is 1. The van der Waals surface area contributed by atoms with Gasteiger partial charge in [-0.05, 0) is 31.3 Å². The van der Waals surface area contributed by atoms with Crippen molar-refractivity contribution in [3.63, 3.8) is 0 Å². The van der Waals surface area contributed by atoms with Crippen molar-refractivity contribution in [2.45, 2.75) is 11.8 Å². The number of benzene rings is 1. The molecule has 0 radical (unpaired) electrons. The molecule has 1 aromatic carbocycles. The minimum atomic E-state index is -3.70. The summed E-state index contributed by atoms with van der Waals surface area (Å²) in [4.78, 5) is 14.2. The highest BCUT2D eigenvalue weighted by atomic mass is 32.2. The number of carbonyl (C=O) groups is 1. The monoisotopic (exact) mass is 387 g/mol. The largest absolute Gasteiger partial charge is 0.304 e. The summed E-state index contributed by atoms with van der Waals surface area (Å²) in [6, 6.07) is 5.45. The Morgan fingerprint density at radius 3 is 2.08 bits per heavy atom. The lowest BCUT2D eigenvalue weighted by molar-refractivity contribution is -0.119. The Labute approximate surface area is 148 Å². The van der Waals surface area contributed by atoms with Crippen molar-refractivity contribution in [3.8, 4) is 0 Å². The molecule has 10 heteroatoms. The molecule has 0 saturated carbocycles. The van der Waals surface area contributed by atoms with E-state index in [1.54, 1.807) is 6.92 Å². The van der Waals surface area contributed by atoms with Gasteiger partial charge in [0, 0.05) is 26.2 Å². The van der Waals surface area contributed by atoms with E-state index in [-0.39, 0.29) is 16.3 Å². The van der Waals surface area contributed by atoms with Gasteiger partial charge in [0.05, 0.1) is 22.3 Å². The van der Waals surface area contributed by atoms with Gasteiger partial charge < -0.3 is 4.90 Å². The fourth-order valence-electron chi connectivity index (χ4n) is 3.02. The smallest absolute Gasteiger partial charge is 0.244 e. The predicted molar refractivity (Wildman–Crippen MR) is 93.1 cm³/mol. The van der Waals surface area contributed by atoms with Gasteiger partial charge in [-0.1, -0.05) is 6.92 Å². The molecule has 2 fully saturated rings. The first kappa shape index (κ1) is 18.3. The molecule has 2 aliphatic heterocycles. The number of likely N-dealkylation sites (N-methyl/N-ethyl adjacent to an activating group) is 1. The van der Waals surface area contributed by atoms with Crippen LogP contribution in [0.3, 0.4) is 0 Å². The Kier molecular flexibility index (Phi) is 4.65. The first-order valence-corrected chi connectivity index (χ1v) is 11.0. The Balaban J connectivity index is 1.87. The number of rotatable bonds is 3. The van der Waals surface area contributed by atoms with E-state index in [2.05, 4.69) is 4.90 Å². The van der Waals surface area contributed by atoms with Gasteiger partial charge in [-0.2, -0.15) is 4.31 Å². The summed E-state index contributed by atoms with van der Waals surface area (Å²) in [6.07, 6.45) is 0. The number of carbonyl (C=O) groups excluding carboxylic acids is 1. The molecule has 0 aromatic heterocycles. The average Bonchev–Trinajstić information content (AvgIpc) is 2.75. The van der Waals surface area contributed by atoms with E-state index >= 15 is 0 Å². The molecule has 1 atom stereocenters. The summed E-state index contributed by atoms with van der Waals surface area (Å²) in [5, 5.41) is 0. The molecule has 2 aliphatic rings. The molecule has 8 nitrogen and oxygen atoms in total. The topological polar surface area (TPSA) is 95.1 Å². The van der Waals surface area contributed by atoms with Crippen LogP contribution in [0.1, 0.15) is 6.92 Å². The highest BCUT2D eigenvalue weighted by Crippen LogP contribution is 2.29. The molecule has 0 spiro atoms. The van der Waals surface area contributed by atoms with E-state index < -0.39 is 31.9 Å². The SMILES string of the molecule is C[C@@H]1CS(=O)(=O)N(c2ccc(S(=O)(=O)N3CCN(C)CC3)cc2)C1=O. The molecule has 1 amide bonds. The molecule has 2 heterocycles. The van der Waals surface area contributed by atoms with Crippen LogP contribution in [0.2, 0.25) is 0 Å². The maximum atomic E-state index is 12.7. The second-order valence-corrected chi connectivity index (χ2v) is 10.3. The number of nitrogens with zero attached hydrogens (tertiary/aromatic N) is 3. The lowest BCUT2D eigenvalue weighted by atomic mass is 10.2. The molecule has 2 saturated heterocycles. The van der Waals surface area contributed by atoms with Crippen LogP contribution < -0.4 is 4.31 Å². The Morgan fingerprint density at radius 1 is 1.04 bits per heavy atom. The van der Waals surface area contributed by atoms with Crippen LogP contribution in [-0.2, 0) is 24.8 Å². The summed E-state index contributed by atoms with van der Waals surface area (Å²) in [5.41, 5.74) is 0.173. The van der Waals surface area contributed by atoms with Crippen LogP contribution in [0.4, 0.5) is 5.69 Å². The van der Waals surface area contributed by atoms with Gasteiger partial charge in [0.2, 0.25) is 26.0 Å². The van der Waals surface area contributed by atoms with Gasteiger partial charge in [0.15, 0.2) is 0 Å². The lowest BCUT2D eigenvalue weighted by Gasteiger charge is -2.31. The zero-order chi connectivity index (χ0) is 18.4. The van der Waals surface area contributed by atoms with Crippen molar-refractivity contribution in [1.82, 2.24) is 9.21 Å². The van der Waals surface area contributed by atoms with Crippen molar-refractivity contribution < 1.29 is 21.6 Å². The maximum absolute atomic E-state index is 12.7. The van der Waals surface area contributed by atoms with Crippen molar-refractivity contribution in [1.29, 1.82) is 0 Å². The van der Waals surface area contributed by atoms with Gasteiger partial charge in [-0.15, -0.1) is 0 Å². The Hall–Kier alpha value is -1.49. The number of hydrogen-bond acceptors (Lipinski definition) is 6. The van der Waals surface area contributed by atoms with Gasteiger partial charge >= 0.3 is 0 Å². The standard InChI is InChI=1S/C15H21N3O5S2/c1-12-11-24(20,21)18(15(12)19)13-3-5-14(6-4-13)25(22,23)17-9-7-16(2)8-10-17/h3-6,12H,7-11H2,1-2H3/t12-/m1/s1. The minimum absolute atomic E-state index is 0.0953. The summed E-state index contributed by atoms with van der Waals surface area (Å²) in [7, 11) is -5.38. The van der Waals surface area contributed by atoms with E-state index in [1.165, 1.54) is 28.6 Å². The summed E-state index contributed by atoms with van der Waals surface area (Å²) in [5.74, 6) is -1.32. The Morgan fingerprint density at radius 2 is 1.60 bits per heavy atom. The fraction of sp³-hybridized carbons (Fsp3) is 0.533. The van der Waals surface area contributed by atoms with Crippen molar-refractivity contribution >= 4 is 31.6 Å². The van der Waals surface area contributed by atoms with Gasteiger partial charge in [0.1, 0.15) is 0 Å². The summed E-state index contributed by atoms with van der Waals surface area (Å²) < 4.78 is 51.8. The van der Waals surface area contributed by atoms with Crippen LogP contribution in [-0.4, -0.2) is 70.9 Å². The van der Waals surface area contributed by atoms with Crippen LogP contribution in [0, 0.1) is 5.92 Å². The second kappa shape index (κ2) is 6.35. The third-order valence-electron chi connectivity index (χ3n) is 4.53. The molecule has 0 aliphatic carbocycles. The molecule has 0 unspecified atom stereocenters. The third kappa shape index (κ3) is 3.31. The summed E-state index contributed by atoms with van der Waals surface area (Å²) >= 11 is 0. The lowest BCUT2D eigenvalue weighted by Crippen LogP contribution is -2.47. The maximum Gasteiger partial charge on any atom is 0.244 e. The summed E-state index contributed by atoms with van der Waals surface area (Å²) in [6.45, 7) is 3.71. The molecular formula is C15H21N3O5S2. The van der Waals surface area contributed by atoms with Gasteiger partial charge in [-0.3, -0.25) is 4.79 Å². The predicted octanol–water partition coefficient (Wildman–Crippen LogP) is -0.0648. The number of anilines is 1. The zero-order valence-electron chi connectivity index (χ0n) is 14.1. The van der Waals surface area contributed by atoms with E-state index in [0.717, 1.165) is 4.31 Å². The average molecular weight is 387 g/mol. The van der Waals surface area contributed by atoms with Gasteiger partial charge in [-0.25, -0.2) is 21.1 Å². The fourth-order valence-corrected chi connectivity index (χ4v) is 6.26. The van der Waals surface area contributed by atoms with Gasteiger partial charge in [0.25, 0.3) is 0 Å². The minimum Gasteiger partial charge on any atom is -0.304 e. The molecule has 1 aromatic rings. The van der Waals surface area contributed by atoms with Crippen LogP contribution >= 0.6 is 0 Å². The van der Waals surface area contributed by atoms with E-state index in [0.29, 0.717) is 26.2 Å². The molecule has 0 bridgehead atoms. The normalized spacial score (nSPS) is 25.4. The van der Waals surface area contributed by atoms with Crippen LogP contribution in [0.25, 0.3) is 0 Å². The molecule has 0 N–H and O–H groups in total. The second-order valence-electron chi connectivity index (χ2n) is 6.48. The van der Waals surface area contributed by atoms with Crippen LogP contribution in [0.5, 0.6) is 0 Å². The van der Waals surface area contributed by atoms with E-state index in [1.807, 2.05) is 7.05 Å². The van der Waals surface area contributed by atoms with Crippen LogP contribution in [0.15, 0.2) is 29.2 Å². The van der Waals surface area contributed by atoms with Crippen molar-refractivity contribution in [2.75, 3.05) is 43.3 Å². The quantitative estimate of drug-likeness (QED) is 0.721. The number of hydrogen-bond donors (Lipinski definition) is 0. The molecule has 138 valence electrons. The number of amides is 1. The first-order valence-electron chi connectivity index (χ1n) is 7.98. The highest BCUT2D eigenvalue weighted by molar-refractivity contribution is 7.94. The third-order valence-corrected chi connectivity index (χ3v) is 8.31. The zero-order valence-corrected chi connectivity index (χ0v) is 15.8. The Bertz CT molecular complexity index is 872. The van der Waals surface area contributed by atoms with E-state index in [9.17, 15) is 21.6 Å².